The zero-order chi connectivity index (χ0) is 32.0. The smallest absolute Gasteiger partial charge is 0.309 e. The number of hydrogen-bond donors (Lipinski definition) is 0. The minimum absolute atomic E-state index is 0.000844. The maximum atomic E-state index is 12.6. The minimum atomic E-state index is -0.000844. The van der Waals surface area contributed by atoms with Gasteiger partial charge in [-0.15, -0.1) is 0 Å². The normalized spacial score (nSPS) is 12.4. The Balaban J connectivity index is 3.46. The second kappa shape index (κ2) is 30.9. The van der Waals surface area contributed by atoms with Crippen LogP contribution in [-0.4, -0.2) is 25.2 Å². The van der Waals surface area contributed by atoms with Crippen LogP contribution >= 0.6 is 0 Å². The first-order valence-electron chi connectivity index (χ1n) is 19.1. The summed E-state index contributed by atoms with van der Waals surface area (Å²) in [5.41, 5.74) is 0. The average molecular weight is 609 g/mol. The van der Waals surface area contributed by atoms with Crippen LogP contribution in [0.25, 0.3) is 0 Å². The first kappa shape index (κ1) is 41.9. The number of rotatable bonds is 32. The van der Waals surface area contributed by atoms with Crippen LogP contribution in [0.2, 0.25) is 0 Å². The fourth-order valence-electron chi connectivity index (χ4n) is 5.86. The number of esters is 2. The van der Waals surface area contributed by atoms with Gasteiger partial charge in [0, 0.05) is 6.42 Å². The van der Waals surface area contributed by atoms with Gasteiger partial charge in [-0.2, -0.15) is 0 Å². The van der Waals surface area contributed by atoms with E-state index in [1.165, 1.54) is 116 Å². The average Bonchev–Trinajstić information content (AvgIpc) is 2.95. The van der Waals surface area contributed by atoms with E-state index in [1.807, 2.05) is 0 Å². The molecule has 0 aliphatic carbocycles. The second-order valence-corrected chi connectivity index (χ2v) is 14.6. The molecule has 0 rings (SSSR count). The largest absolute Gasteiger partial charge is 0.466 e. The van der Waals surface area contributed by atoms with E-state index in [0.29, 0.717) is 25.6 Å². The van der Waals surface area contributed by atoms with Crippen molar-refractivity contribution in [2.24, 2.45) is 23.7 Å². The summed E-state index contributed by atoms with van der Waals surface area (Å²) in [5, 5.41) is 0. The number of carbonyl (C=O) groups excluding carboxylic acids is 2. The molecule has 0 aromatic rings. The number of unbranched alkanes of at least 4 members (excludes halogenated alkanes) is 18. The summed E-state index contributed by atoms with van der Waals surface area (Å²) in [6, 6.07) is 0. The molecule has 43 heavy (non-hydrogen) atoms. The van der Waals surface area contributed by atoms with Gasteiger partial charge in [0.15, 0.2) is 0 Å². The molecule has 0 aromatic carbocycles. The lowest BCUT2D eigenvalue weighted by atomic mass is 9.90. The van der Waals surface area contributed by atoms with Gasteiger partial charge in [-0.3, -0.25) is 9.59 Å². The fourth-order valence-corrected chi connectivity index (χ4v) is 5.86. The molecule has 256 valence electrons. The summed E-state index contributed by atoms with van der Waals surface area (Å²) in [5.74, 6) is 2.00. The van der Waals surface area contributed by atoms with Crippen LogP contribution in [0.3, 0.4) is 0 Å². The van der Waals surface area contributed by atoms with Gasteiger partial charge < -0.3 is 9.47 Å². The van der Waals surface area contributed by atoms with E-state index in [2.05, 4.69) is 41.5 Å². The van der Waals surface area contributed by atoms with E-state index in [9.17, 15) is 9.59 Å². The maximum absolute atomic E-state index is 12.6. The first-order valence-corrected chi connectivity index (χ1v) is 19.1. The third-order valence-electron chi connectivity index (χ3n) is 8.86. The molecule has 0 aliphatic heterocycles. The van der Waals surface area contributed by atoms with Crippen LogP contribution in [0.4, 0.5) is 0 Å². The Bertz CT molecular complexity index is 612. The fraction of sp³-hybridized carbons (Fsp3) is 0.949. The van der Waals surface area contributed by atoms with Crippen LogP contribution in [0.15, 0.2) is 0 Å². The highest BCUT2D eigenvalue weighted by Crippen LogP contribution is 2.22. The molecule has 0 amide bonds. The molecule has 0 saturated carbocycles. The van der Waals surface area contributed by atoms with Crippen molar-refractivity contribution < 1.29 is 19.1 Å². The summed E-state index contributed by atoms with van der Waals surface area (Å²) in [4.78, 5) is 24.4. The number of carbonyl (C=O) groups is 2. The number of hydrogen-bond acceptors (Lipinski definition) is 4. The van der Waals surface area contributed by atoms with Crippen LogP contribution in [0.5, 0.6) is 0 Å². The first-order chi connectivity index (χ1) is 20.7. The Hall–Kier alpha value is -1.06. The topological polar surface area (TPSA) is 52.6 Å². The Morgan fingerprint density at radius 3 is 1.19 bits per heavy atom. The predicted molar refractivity (Wildman–Crippen MR) is 185 cm³/mol. The molecular weight excluding hydrogens is 532 g/mol. The molecular formula is C39H76O4. The predicted octanol–water partition coefficient (Wildman–Crippen LogP) is 12.4. The molecule has 0 N–H and O–H groups in total. The van der Waals surface area contributed by atoms with Gasteiger partial charge in [-0.1, -0.05) is 170 Å². The lowest BCUT2D eigenvalue weighted by Gasteiger charge is -2.19. The van der Waals surface area contributed by atoms with Crippen molar-refractivity contribution in [1.82, 2.24) is 0 Å². The number of ether oxygens (including phenoxy) is 2. The molecule has 0 spiro atoms. The van der Waals surface area contributed by atoms with Gasteiger partial charge in [0.05, 0.1) is 19.1 Å². The van der Waals surface area contributed by atoms with E-state index < -0.39 is 0 Å². The van der Waals surface area contributed by atoms with Crippen molar-refractivity contribution in [3.63, 3.8) is 0 Å². The highest BCUT2D eigenvalue weighted by Gasteiger charge is 2.23. The van der Waals surface area contributed by atoms with E-state index >= 15 is 0 Å². The van der Waals surface area contributed by atoms with Gasteiger partial charge in [0.1, 0.15) is 0 Å². The van der Waals surface area contributed by atoms with Gasteiger partial charge in [-0.25, -0.2) is 0 Å². The van der Waals surface area contributed by atoms with Gasteiger partial charge in [-0.05, 0) is 43.4 Å². The molecule has 0 radical (unpaired) electrons. The Kier molecular flexibility index (Phi) is 30.2. The monoisotopic (exact) mass is 609 g/mol. The molecule has 0 saturated heterocycles. The van der Waals surface area contributed by atoms with E-state index in [4.69, 9.17) is 9.47 Å². The quantitative estimate of drug-likeness (QED) is 0.0563. The van der Waals surface area contributed by atoms with Gasteiger partial charge in [0.2, 0.25) is 0 Å². The molecule has 0 bridgehead atoms. The van der Waals surface area contributed by atoms with E-state index in [-0.39, 0.29) is 17.9 Å². The molecule has 0 aliphatic rings. The molecule has 0 fully saturated rings. The van der Waals surface area contributed by atoms with Crippen LogP contribution in [0.1, 0.15) is 202 Å². The standard InChI is InChI=1S/C39H76O4/c1-34(2)28-22-20-26-32-42-38(40)31-25-19-17-15-13-11-9-7-8-10-12-14-16-18-24-30-37(36(5)6)39(41)43-33-27-21-23-29-35(3)4/h34-37H,7-33H2,1-6H3. The lowest BCUT2D eigenvalue weighted by molar-refractivity contribution is -0.150. The maximum Gasteiger partial charge on any atom is 0.309 e. The van der Waals surface area contributed by atoms with Crippen molar-refractivity contribution in [3.05, 3.63) is 0 Å². The van der Waals surface area contributed by atoms with Crippen LogP contribution in [0, 0.1) is 23.7 Å². The van der Waals surface area contributed by atoms with E-state index in [0.717, 1.165) is 50.4 Å². The third-order valence-corrected chi connectivity index (χ3v) is 8.86. The van der Waals surface area contributed by atoms with Gasteiger partial charge >= 0.3 is 11.9 Å². The minimum Gasteiger partial charge on any atom is -0.466 e. The van der Waals surface area contributed by atoms with E-state index in [1.54, 1.807) is 0 Å². The third kappa shape index (κ3) is 30.7. The lowest BCUT2D eigenvalue weighted by Crippen LogP contribution is -2.23. The SMILES string of the molecule is CC(C)CCCCCOC(=O)CCCCCCCCCCCCCCCCCC(C(=O)OCCCCCC(C)C)C(C)C. The highest BCUT2D eigenvalue weighted by atomic mass is 16.5. The molecule has 0 heterocycles. The second-order valence-electron chi connectivity index (χ2n) is 14.6. The van der Waals surface area contributed by atoms with Crippen molar-refractivity contribution in [2.75, 3.05) is 13.2 Å². The van der Waals surface area contributed by atoms with Crippen molar-refractivity contribution in [3.8, 4) is 0 Å². The summed E-state index contributed by atoms with van der Waals surface area (Å²) >= 11 is 0. The molecule has 1 atom stereocenters. The van der Waals surface area contributed by atoms with Crippen molar-refractivity contribution >= 4 is 11.9 Å². The Labute approximate surface area is 269 Å². The van der Waals surface area contributed by atoms with Crippen molar-refractivity contribution in [2.45, 2.75) is 202 Å². The Morgan fingerprint density at radius 2 is 0.767 bits per heavy atom. The highest BCUT2D eigenvalue weighted by molar-refractivity contribution is 5.72. The molecule has 0 aromatic heterocycles. The molecule has 1 unspecified atom stereocenters. The summed E-state index contributed by atoms with van der Waals surface area (Å²) in [7, 11) is 0. The van der Waals surface area contributed by atoms with Crippen molar-refractivity contribution in [1.29, 1.82) is 0 Å². The van der Waals surface area contributed by atoms with Gasteiger partial charge in [0.25, 0.3) is 0 Å². The molecule has 4 heteroatoms. The Morgan fingerprint density at radius 1 is 0.419 bits per heavy atom. The zero-order valence-electron chi connectivity index (χ0n) is 30.0. The molecule has 4 nitrogen and oxygen atoms in total. The van der Waals surface area contributed by atoms with Crippen LogP contribution in [-0.2, 0) is 19.1 Å². The summed E-state index contributed by atoms with van der Waals surface area (Å²) in [6.07, 6.45) is 30.2. The zero-order valence-corrected chi connectivity index (χ0v) is 30.0. The van der Waals surface area contributed by atoms with Crippen LogP contribution < -0.4 is 0 Å². The summed E-state index contributed by atoms with van der Waals surface area (Å²) < 4.78 is 11.0. The summed E-state index contributed by atoms with van der Waals surface area (Å²) in [6.45, 7) is 14.6.